The van der Waals surface area contributed by atoms with E-state index >= 15 is 0 Å². The van der Waals surface area contributed by atoms with Crippen molar-refractivity contribution in [2.75, 3.05) is 26.2 Å². The molecule has 0 aromatic heterocycles. The van der Waals surface area contributed by atoms with Gasteiger partial charge in [-0.2, -0.15) is 0 Å². The molecule has 1 fully saturated rings. The quantitative estimate of drug-likeness (QED) is 0.874. The van der Waals surface area contributed by atoms with E-state index in [0.717, 1.165) is 37.1 Å². The fourth-order valence-electron chi connectivity index (χ4n) is 3.31. The minimum absolute atomic E-state index is 0.366. The Morgan fingerprint density at radius 3 is 2.38 bits per heavy atom. The van der Waals surface area contributed by atoms with Crippen molar-refractivity contribution in [3.05, 3.63) is 29.8 Å². The van der Waals surface area contributed by atoms with Crippen molar-refractivity contribution >= 4 is 0 Å². The standard InChI is InChI=1S/C18H29NO2/c1-4-16-5-7-18(8-6-16)21-13-17(20)12-19-10-14(2)9-15(3)11-19/h5-8,14-15,17,20H,4,9-13H2,1-3H3/t14-,15-,17+/m0/s1. The number of hydrogen-bond donors (Lipinski definition) is 1. The molecule has 118 valence electrons. The number of aliphatic hydroxyl groups is 1. The fourth-order valence-corrected chi connectivity index (χ4v) is 3.31. The van der Waals surface area contributed by atoms with Crippen molar-refractivity contribution in [3.63, 3.8) is 0 Å². The molecule has 0 amide bonds. The number of β-amino-alcohol motifs (C(OH)–C–C–N with tert-alkyl or cyclic N) is 1. The number of likely N-dealkylation sites (tertiary alicyclic amines) is 1. The molecule has 1 heterocycles. The van der Waals surface area contributed by atoms with Gasteiger partial charge in [0, 0.05) is 19.6 Å². The molecule has 1 saturated heterocycles. The second-order valence-corrected chi connectivity index (χ2v) is 6.63. The van der Waals surface area contributed by atoms with Gasteiger partial charge >= 0.3 is 0 Å². The van der Waals surface area contributed by atoms with E-state index < -0.39 is 6.10 Å². The van der Waals surface area contributed by atoms with Gasteiger partial charge in [0.25, 0.3) is 0 Å². The largest absolute Gasteiger partial charge is 0.491 e. The smallest absolute Gasteiger partial charge is 0.119 e. The van der Waals surface area contributed by atoms with Crippen LogP contribution >= 0.6 is 0 Å². The van der Waals surface area contributed by atoms with E-state index in [2.05, 4.69) is 37.8 Å². The van der Waals surface area contributed by atoms with Gasteiger partial charge in [0.05, 0.1) is 0 Å². The summed E-state index contributed by atoms with van der Waals surface area (Å²) in [5.41, 5.74) is 1.30. The highest BCUT2D eigenvalue weighted by atomic mass is 16.5. The zero-order valence-corrected chi connectivity index (χ0v) is 13.6. The van der Waals surface area contributed by atoms with E-state index in [0.29, 0.717) is 13.2 Å². The molecule has 1 N–H and O–H groups in total. The van der Waals surface area contributed by atoms with Gasteiger partial charge in [0.1, 0.15) is 18.5 Å². The van der Waals surface area contributed by atoms with Crippen molar-refractivity contribution in [3.8, 4) is 5.75 Å². The lowest BCUT2D eigenvalue weighted by Gasteiger charge is -2.35. The lowest BCUT2D eigenvalue weighted by atomic mass is 9.92. The van der Waals surface area contributed by atoms with Crippen LogP contribution in [0, 0.1) is 11.8 Å². The maximum Gasteiger partial charge on any atom is 0.119 e. The zero-order valence-electron chi connectivity index (χ0n) is 13.6. The number of rotatable bonds is 6. The van der Waals surface area contributed by atoms with E-state index in [9.17, 15) is 5.11 Å². The summed E-state index contributed by atoms with van der Waals surface area (Å²) in [6, 6.07) is 8.12. The van der Waals surface area contributed by atoms with Gasteiger partial charge in [-0.3, -0.25) is 0 Å². The molecule has 0 bridgehead atoms. The first kappa shape index (κ1) is 16.3. The number of aryl methyl sites for hydroxylation is 1. The second kappa shape index (κ2) is 7.81. The summed E-state index contributed by atoms with van der Waals surface area (Å²) in [6.07, 6.45) is 1.91. The average molecular weight is 291 g/mol. The molecule has 0 spiro atoms. The lowest BCUT2D eigenvalue weighted by molar-refractivity contribution is 0.0429. The minimum Gasteiger partial charge on any atom is -0.491 e. The molecule has 2 rings (SSSR count). The van der Waals surface area contributed by atoms with Crippen molar-refractivity contribution in [2.24, 2.45) is 11.8 Å². The molecule has 21 heavy (non-hydrogen) atoms. The highest BCUT2D eigenvalue weighted by molar-refractivity contribution is 5.27. The SMILES string of the molecule is CCc1ccc(OC[C@H](O)CN2C[C@@H](C)C[C@H](C)C2)cc1. The number of benzene rings is 1. The maximum absolute atomic E-state index is 10.2. The lowest BCUT2D eigenvalue weighted by Crippen LogP contribution is -2.43. The molecule has 1 aromatic carbocycles. The van der Waals surface area contributed by atoms with Gasteiger partial charge in [0.2, 0.25) is 0 Å². The predicted molar refractivity (Wildman–Crippen MR) is 86.7 cm³/mol. The Kier molecular flexibility index (Phi) is 6.07. The van der Waals surface area contributed by atoms with Crippen LogP contribution in [0.2, 0.25) is 0 Å². The Hall–Kier alpha value is -1.06. The van der Waals surface area contributed by atoms with E-state index in [1.807, 2.05) is 12.1 Å². The first-order valence-corrected chi connectivity index (χ1v) is 8.19. The average Bonchev–Trinajstić information content (AvgIpc) is 2.44. The van der Waals surface area contributed by atoms with Gasteiger partial charge in [-0.05, 0) is 42.4 Å². The summed E-state index contributed by atoms with van der Waals surface area (Å²) in [5, 5.41) is 10.2. The first-order chi connectivity index (χ1) is 10.1. The molecule has 0 unspecified atom stereocenters. The van der Waals surface area contributed by atoms with Crippen LogP contribution in [0.4, 0.5) is 0 Å². The molecular weight excluding hydrogens is 262 g/mol. The zero-order chi connectivity index (χ0) is 15.2. The maximum atomic E-state index is 10.2. The predicted octanol–water partition coefficient (Wildman–Crippen LogP) is 2.97. The molecule has 0 aliphatic carbocycles. The van der Waals surface area contributed by atoms with Crippen LogP contribution in [0.25, 0.3) is 0 Å². The summed E-state index contributed by atoms with van der Waals surface area (Å²) < 4.78 is 5.69. The van der Waals surface area contributed by atoms with Gasteiger partial charge in [-0.15, -0.1) is 0 Å². The van der Waals surface area contributed by atoms with Crippen molar-refractivity contribution in [2.45, 2.75) is 39.7 Å². The third kappa shape index (κ3) is 5.33. The molecule has 3 heteroatoms. The number of piperidine rings is 1. The Balaban J connectivity index is 1.74. The summed E-state index contributed by atoms with van der Waals surface area (Å²) >= 11 is 0. The van der Waals surface area contributed by atoms with Crippen LogP contribution in [0.1, 0.15) is 32.8 Å². The monoisotopic (exact) mass is 291 g/mol. The van der Waals surface area contributed by atoms with E-state index in [1.54, 1.807) is 0 Å². The number of ether oxygens (including phenoxy) is 1. The van der Waals surface area contributed by atoms with Gasteiger partial charge in [0.15, 0.2) is 0 Å². The van der Waals surface area contributed by atoms with E-state index in [1.165, 1.54) is 12.0 Å². The van der Waals surface area contributed by atoms with Crippen LogP contribution < -0.4 is 4.74 Å². The van der Waals surface area contributed by atoms with Crippen molar-refractivity contribution in [1.29, 1.82) is 0 Å². The third-order valence-electron chi connectivity index (χ3n) is 4.19. The normalized spacial score (nSPS) is 24.8. The topological polar surface area (TPSA) is 32.7 Å². The molecule has 3 nitrogen and oxygen atoms in total. The first-order valence-electron chi connectivity index (χ1n) is 8.19. The molecule has 0 radical (unpaired) electrons. The Bertz CT molecular complexity index is 408. The van der Waals surface area contributed by atoms with Crippen LogP contribution in [0.5, 0.6) is 5.75 Å². The van der Waals surface area contributed by atoms with Crippen LogP contribution in [-0.4, -0.2) is 42.4 Å². The molecular formula is C18H29NO2. The highest BCUT2D eigenvalue weighted by Gasteiger charge is 2.23. The fraction of sp³-hybridized carbons (Fsp3) is 0.667. The van der Waals surface area contributed by atoms with E-state index in [4.69, 9.17) is 4.74 Å². The van der Waals surface area contributed by atoms with E-state index in [-0.39, 0.29) is 0 Å². The highest BCUT2D eigenvalue weighted by Crippen LogP contribution is 2.21. The summed E-state index contributed by atoms with van der Waals surface area (Å²) in [7, 11) is 0. The molecule has 0 saturated carbocycles. The van der Waals surface area contributed by atoms with Gasteiger partial charge in [-0.1, -0.05) is 32.9 Å². The van der Waals surface area contributed by atoms with Crippen molar-refractivity contribution < 1.29 is 9.84 Å². The minimum atomic E-state index is -0.423. The third-order valence-corrected chi connectivity index (χ3v) is 4.19. The number of aliphatic hydroxyl groups excluding tert-OH is 1. The van der Waals surface area contributed by atoms with Crippen molar-refractivity contribution in [1.82, 2.24) is 4.90 Å². The number of nitrogens with zero attached hydrogens (tertiary/aromatic N) is 1. The Morgan fingerprint density at radius 1 is 1.19 bits per heavy atom. The molecule has 1 aliphatic rings. The van der Waals surface area contributed by atoms with Crippen LogP contribution in [-0.2, 0) is 6.42 Å². The van der Waals surface area contributed by atoms with Crippen LogP contribution in [0.15, 0.2) is 24.3 Å². The number of hydrogen-bond acceptors (Lipinski definition) is 3. The molecule has 1 aliphatic heterocycles. The second-order valence-electron chi connectivity index (χ2n) is 6.63. The van der Waals surface area contributed by atoms with Crippen LogP contribution in [0.3, 0.4) is 0 Å². The summed E-state index contributed by atoms with van der Waals surface area (Å²) in [5.74, 6) is 2.29. The Morgan fingerprint density at radius 2 is 1.81 bits per heavy atom. The van der Waals surface area contributed by atoms with Gasteiger partial charge in [-0.25, -0.2) is 0 Å². The summed E-state index contributed by atoms with van der Waals surface area (Å²) in [6.45, 7) is 9.98. The molecule has 1 aromatic rings. The summed E-state index contributed by atoms with van der Waals surface area (Å²) in [4.78, 5) is 2.37. The Labute approximate surface area is 128 Å². The molecule has 3 atom stereocenters. The van der Waals surface area contributed by atoms with Gasteiger partial charge < -0.3 is 14.7 Å².